The Morgan fingerprint density at radius 2 is 2.21 bits per heavy atom. The maximum absolute atomic E-state index is 5.75. The Hall–Kier alpha value is -1.02. The molecule has 1 aromatic rings. The van der Waals surface area contributed by atoms with Gasteiger partial charge >= 0.3 is 0 Å². The Balaban J connectivity index is 2.07. The number of rotatable bonds is 4. The van der Waals surface area contributed by atoms with E-state index in [1.54, 1.807) is 0 Å². The number of nitrogens with two attached hydrogens (primary N) is 1. The van der Waals surface area contributed by atoms with Crippen LogP contribution in [0.3, 0.4) is 0 Å². The summed E-state index contributed by atoms with van der Waals surface area (Å²) in [6.45, 7) is 3.49. The zero-order valence-electron chi connectivity index (χ0n) is 8.62. The lowest BCUT2D eigenvalue weighted by molar-refractivity contribution is 0.296. The molecule has 0 spiro atoms. The van der Waals surface area contributed by atoms with Crippen LogP contribution in [0.5, 0.6) is 5.75 Å². The van der Waals surface area contributed by atoms with E-state index in [1.165, 1.54) is 18.4 Å². The first-order chi connectivity index (χ1) is 6.79. The summed E-state index contributed by atoms with van der Waals surface area (Å²) in [5.74, 6) is 1.76. The molecule has 76 valence electrons. The summed E-state index contributed by atoms with van der Waals surface area (Å²) < 4.78 is 5.75. The first-order valence-corrected chi connectivity index (χ1v) is 5.22. The molecule has 0 saturated heterocycles. The molecule has 2 nitrogen and oxygen atoms in total. The van der Waals surface area contributed by atoms with Gasteiger partial charge in [0.15, 0.2) is 0 Å². The molecule has 1 aromatic carbocycles. The monoisotopic (exact) mass is 191 g/mol. The van der Waals surface area contributed by atoms with Gasteiger partial charge in [0.1, 0.15) is 5.75 Å². The van der Waals surface area contributed by atoms with Crippen molar-refractivity contribution in [3.8, 4) is 5.75 Å². The average Bonchev–Trinajstić information content (AvgIpc) is 2.98. The molecule has 1 fully saturated rings. The third-order valence-electron chi connectivity index (χ3n) is 2.61. The van der Waals surface area contributed by atoms with Crippen LogP contribution in [0.2, 0.25) is 0 Å². The molecule has 2 rings (SSSR count). The molecule has 0 amide bonds. The standard InChI is InChI=1S/C12H17NO/c1-9-2-5-11(7-13)12(6-9)14-8-10-3-4-10/h2,5-6,10H,3-4,7-8,13H2,1H3. The molecule has 1 saturated carbocycles. The van der Waals surface area contributed by atoms with Gasteiger partial charge in [0.05, 0.1) is 6.61 Å². The summed E-state index contributed by atoms with van der Waals surface area (Å²) in [5.41, 5.74) is 7.98. The molecule has 0 bridgehead atoms. The second-order valence-electron chi connectivity index (χ2n) is 4.07. The van der Waals surface area contributed by atoms with Crippen molar-refractivity contribution in [3.05, 3.63) is 29.3 Å². The van der Waals surface area contributed by atoms with E-state index in [4.69, 9.17) is 10.5 Å². The molecule has 0 radical (unpaired) electrons. The minimum atomic E-state index is 0.556. The normalized spacial score (nSPS) is 15.6. The summed E-state index contributed by atoms with van der Waals surface area (Å²) in [6, 6.07) is 6.20. The zero-order valence-corrected chi connectivity index (χ0v) is 8.62. The van der Waals surface area contributed by atoms with E-state index in [-0.39, 0.29) is 0 Å². The van der Waals surface area contributed by atoms with E-state index in [9.17, 15) is 0 Å². The van der Waals surface area contributed by atoms with Crippen molar-refractivity contribution in [2.45, 2.75) is 26.3 Å². The van der Waals surface area contributed by atoms with Crippen molar-refractivity contribution in [3.63, 3.8) is 0 Å². The number of aryl methyl sites for hydroxylation is 1. The Bertz CT molecular complexity index is 318. The molecule has 0 aromatic heterocycles. The summed E-state index contributed by atoms with van der Waals surface area (Å²) in [7, 11) is 0. The number of benzene rings is 1. The molecule has 14 heavy (non-hydrogen) atoms. The van der Waals surface area contributed by atoms with Crippen LogP contribution in [-0.2, 0) is 6.54 Å². The van der Waals surface area contributed by atoms with Gasteiger partial charge in [0.25, 0.3) is 0 Å². The number of ether oxygens (including phenoxy) is 1. The number of hydrogen-bond acceptors (Lipinski definition) is 2. The van der Waals surface area contributed by atoms with Gasteiger partial charge in [-0.15, -0.1) is 0 Å². The Labute approximate surface area is 85.1 Å². The van der Waals surface area contributed by atoms with E-state index in [2.05, 4.69) is 25.1 Å². The Kier molecular flexibility index (Phi) is 2.73. The molecular weight excluding hydrogens is 174 g/mol. The molecule has 2 heteroatoms. The van der Waals surface area contributed by atoms with Crippen LogP contribution in [0.25, 0.3) is 0 Å². The van der Waals surface area contributed by atoms with Gasteiger partial charge in [-0.1, -0.05) is 12.1 Å². The van der Waals surface area contributed by atoms with Crippen LogP contribution in [0, 0.1) is 12.8 Å². The van der Waals surface area contributed by atoms with Crippen molar-refractivity contribution in [1.29, 1.82) is 0 Å². The molecule has 1 aliphatic rings. The van der Waals surface area contributed by atoms with Gasteiger partial charge in [0.2, 0.25) is 0 Å². The van der Waals surface area contributed by atoms with Crippen LogP contribution in [0.1, 0.15) is 24.0 Å². The lowest BCUT2D eigenvalue weighted by atomic mass is 10.1. The molecule has 0 aliphatic heterocycles. The molecule has 0 atom stereocenters. The highest BCUT2D eigenvalue weighted by molar-refractivity contribution is 5.37. The molecule has 0 unspecified atom stereocenters. The van der Waals surface area contributed by atoms with Crippen LogP contribution < -0.4 is 10.5 Å². The third-order valence-corrected chi connectivity index (χ3v) is 2.61. The van der Waals surface area contributed by atoms with Gasteiger partial charge in [0, 0.05) is 12.1 Å². The quantitative estimate of drug-likeness (QED) is 0.792. The fraction of sp³-hybridized carbons (Fsp3) is 0.500. The number of hydrogen-bond donors (Lipinski definition) is 1. The molecule has 1 aliphatic carbocycles. The summed E-state index contributed by atoms with van der Waals surface area (Å²) in [4.78, 5) is 0. The SMILES string of the molecule is Cc1ccc(CN)c(OCC2CC2)c1. The highest BCUT2D eigenvalue weighted by Gasteiger charge is 2.22. The highest BCUT2D eigenvalue weighted by Crippen LogP contribution is 2.30. The van der Waals surface area contributed by atoms with E-state index in [0.717, 1.165) is 23.8 Å². The van der Waals surface area contributed by atoms with Crippen molar-refractivity contribution in [1.82, 2.24) is 0 Å². The van der Waals surface area contributed by atoms with Gasteiger partial charge in [-0.3, -0.25) is 0 Å². The Morgan fingerprint density at radius 1 is 1.43 bits per heavy atom. The maximum Gasteiger partial charge on any atom is 0.124 e. The van der Waals surface area contributed by atoms with Crippen molar-refractivity contribution in [2.75, 3.05) is 6.61 Å². The predicted octanol–water partition coefficient (Wildman–Crippen LogP) is 2.24. The smallest absolute Gasteiger partial charge is 0.124 e. The van der Waals surface area contributed by atoms with Gasteiger partial charge in [-0.2, -0.15) is 0 Å². The van der Waals surface area contributed by atoms with E-state index >= 15 is 0 Å². The maximum atomic E-state index is 5.75. The van der Waals surface area contributed by atoms with Crippen LogP contribution in [0.4, 0.5) is 0 Å². The fourth-order valence-electron chi connectivity index (χ4n) is 1.46. The average molecular weight is 191 g/mol. The van der Waals surface area contributed by atoms with Crippen LogP contribution in [-0.4, -0.2) is 6.61 Å². The first kappa shape index (κ1) is 9.53. The second kappa shape index (κ2) is 4.01. The third kappa shape index (κ3) is 2.26. The minimum absolute atomic E-state index is 0.556. The van der Waals surface area contributed by atoms with Crippen LogP contribution in [0.15, 0.2) is 18.2 Å². The lowest BCUT2D eigenvalue weighted by Crippen LogP contribution is -2.05. The minimum Gasteiger partial charge on any atom is -0.493 e. The molecule has 2 N–H and O–H groups in total. The van der Waals surface area contributed by atoms with Gasteiger partial charge in [-0.05, 0) is 37.3 Å². The second-order valence-corrected chi connectivity index (χ2v) is 4.07. The predicted molar refractivity (Wildman–Crippen MR) is 57.3 cm³/mol. The fourth-order valence-corrected chi connectivity index (χ4v) is 1.46. The lowest BCUT2D eigenvalue weighted by Gasteiger charge is -2.10. The summed E-state index contributed by atoms with van der Waals surface area (Å²) in [6.07, 6.45) is 2.65. The highest BCUT2D eigenvalue weighted by atomic mass is 16.5. The van der Waals surface area contributed by atoms with Crippen molar-refractivity contribution >= 4 is 0 Å². The van der Waals surface area contributed by atoms with E-state index in [0.29, 0.717) is 6.54 Å². The van der Waals surface area contributed by atoms with Crippen molar-refractivity contribution in [2.24, 2.45) is 11.7 Å². The molecular formula is C12H17NO. The van der Waals surface area contributed by atoms with Crippen LogP contribution >= 0.6 is 0 Å². The molecule has 0 heterocycles. The largest absolute Gasteiger partial charge is 0.493 e. The van der Waals surface area contributed by atoms with E-state index in [1.807, 2.05) is 0 Å². The summed E-state index contributed by atoms with van der Waals surface area (Å²) in [5, 5.41) is 0. The van der Waals surface area contributed by atoms with Gasteiger partial charge < -0.3 is 10.5 Å². The topological polar surface area (TPSA) is 35.2 Å². The first-order valence-electron chi connectivity index (χ1n) is 5.22. The van der Waals surface area contributed by atoms with E-state index < -0.39 is 0 Å². The Morgan fingerprint density at radius 3 is 2.86 bits per heavy atom. The summed E-state index contributed by atoms with van der Waals surface area (Å²) >= 11 is 0. The van der Waals surface area contributed by atoms with Gasteiger partial charge in [-0.25, -0.2) is 0 Å². The zero-order chi connectivity index (χ0) is 9.97. The van der Waals surface area contributed by atoms with Crippen molar-refractivity contribution < 1.29 is 4.74 Å².